The predicted octanol–water partition coefficient (Wildman–Crippen LogP) is 13.7. The first kappa shape index (κ1) is 47.7. The zero-order valence-electron chi connectivity index (χ0n) is 43.2. The van der Waals surface area contributed by atoms with Crippen molar-refractivity contribution in [2.75, 3.05) is 0 Å². The highest BCUT2D eigenvalue weighted by Crippen LogP contribution is 2.31. The van der Waals surface area contributed by atoms with Crippen molar-refractivity contribution in [2.24, 2.45) is 28.2 Å². The molecule has 0 N–H and O–H groups in total. The van der Waals surface area contributed by atoms with Crippen LogP contribution < -0.4 is 0 Å². The molecule has 0 radical (unpaired) electrons. The van der Waals surface area contributed by atoms with Gasteiger partial charge < -0.3 is 18.3 Å². The van der Waals surface area contributed by atoms with Crippen LogP contribution in [0.2, 0.25) is 0 Å². The van der Waals surface area contributed by atoms with Crippen LogP contribution in [0.1, 0.15) is 98.6 Å². The van der Waals surface area contributed by atoms with Crippen LogP contribution in [0, 0.1) is 23.7 Å². The standard InChI is InChI=1S/C64H60N10/c1-7-9-11-13-23-45-41-48(36-34-44-39-55(63-69-51-27-17-21-31-59(51)73(63)5)66-56(40-44)64-70-52-28-18-22-32-60(52)74(64)6)46(24-14-12-10-8-2)42-47(45)35-33-43-37-53(61-67-49-25-15-19-29-57(49)71(61)3)65-54(38-43)62-68-50-26-16-20-30-58(50)72(62)4/h15-22,25-32,37-42H,7-14,23-24H2,1-6H3. The molecule has 366 valence electrons. The van der Waals surface area contributed by atoms with Gasteiger partial charge in [-0.25, -0.2) is 29.9 Å². The molecule has 5 aromatic carbocycles. The van der Waals surface area contributed by atoms with Gasteiger partial charge in [0.2, 0.25) is 0 Å². The summed E-state index contributed by atoms with van der Waals surface area (Å²) < 4.78 is 8.45. The Morgan fingerprint density at radius 2 is 0.635 bits per heavy atom. The van der Waals surface area contributed by atoms with Crippen molar-refractivity contribution < 1.29 is 0 Å². The van der Waals surface area contributed by atoms with E-state index >= 15 is 0 Å². The Labute approximate surface area is 433 Å². The molecular weight excluding hydrogens is 909 g/mol. The molecule has 0 aliphatic carbocycles. The van der Waals surface area contributed by atoms with Crippen molar-refractivity contribution in [3.8, 4) is 69.8 Å². The molecule has 74 heavy (non-hydrogen) atoms. The minimum absolute atomic E-state index is 0.745. The second kappa shape index (κ2) is 20.9. The summed E-state index contributed by atoms with van der Waals surface area (Å²) in [7, 11) is 8.20. The summed E-state index contributed by atoms with van der Waals surface area (Å²) in [6.07, 6.45) is 11.0. The number of imidazole rings is 4. The van der Waals surface area contributed by atoms with Crippen LogP contribution in [0.15, 0.2) is 133 Å². The maximum atomic E-state index is 5.25. The summed E-state index contributed by atoms with van der Waals surface area (Å²) in [5.41, 5.74) is 17.0. The molecule has 0 fully saturated rings. The van der Waals surface area contributed by atoms with Crippen LogP contribution in [0.5, 0.6) is 0 Å². The Morgan fingerprint density at radius 3 is 0.919 bits per heavy atom. The van der Waals surface area contributed by atoms with Crippen LogP contribution in [0.25, 0.3) is 90.2 Å². The predicted molar refractivity (Wildman–Crippen MR) is 301 cm³/mol. The largest absolute Gasteiger partial charge is 0.326 e. The summed E-state index contributed by atoms with van der Waals surface area (Å²) in [6.45, 7) is 4.53. The molecule has 10 heteroatoms. The van der Waals surface area contributed by atoms with Gasteiger partial charge in [0.1, 0.15) is 22.8 Å². The number of fused-ring (bicyclic) bond motifs is 4. The van der Waals surface area contributed by atoms with Crippen molar-refractivity contribution in [1.82, 2.24) is 48.2 Å². The fourth-order valence-electron chi connectivity index (χ4n) is 10.3. The molecule has 0 atom stereocenters. The number of hydrogen-bond donors (Lipinski definition) is 0. The number of aryl methyl sites for hydroxylation is 6. The van der Waals surface area contributed by atoms with E-state index < -0.39 is 0 Å². The third-order valence-corrected chi connectivity index (χ3v) is 14.3. The molecule has 11 aromatic rings. The number of pyridine rings is 2. The quantitative estimate of drug-likeness (QED) is 0.0795. The zero-order valence-corrected chi connectivity index (χ0v) is 43.2. The van der Waals surface area contributed by atoms with Crippen molar-refractivity contribution in [3.63, 3.8) is 0 Å². The lowest BCUT2D eigenvalue weighted by Gasteiger charge is -2.12. The lowest BCUT2D eigenvalue weighted by molar-refractivity contribution is 0.662. The van der Waals surface area contributed by atoms with E-state index in [9.17, 15) is 0 Å². The third-order valence-electron chi connectivity index (χ3n) is 14.3. The third kappa shape index (κ3) is 9.48. The summed E-state index contributed by atoms with van der Waals surface area (Å²) in [4.78, 5) is 30.8. The number of benzene rings is 5. The smallest absolute Gasteiger partial charge is 0.159 e. The minimum Gasteiger partial charge on any atom is -0.326 e. The van der Waals surface area contributed by atoms with E-state index in [0.717, 1.165) is 151 Å². The average Bonchev–Trinajstić information content (AvgIpc) is 4.17. The highest BCUT2D eigenvalue weighted by molar-refractivity contribution is 5.84. The van der Waals surface area contributed by atoms with Crippen molar-refractivity contribution in [2.45, 2.75) is 78.1 Å². The first-order chi connectivity index (χ1) is 36.2. The summed E-state index contributed by atoms with van der Waals surface area (Å²) >= 11 is 0. The van der Waals surface area contributed by atoms with Crippen molar-refractivity contribution >= 4 is 44.1 Å². The molecule has 0 saturated heterocycles. The normalized spacial score (nSPS) is 11.4. The van der Waals surface area contributed by atoms with Gasteiger partial charge in [-0.3, -0.25) is 0 Å². The number of unbranched alkanes of at least 4 members (excludes halogenated alkanes) is 6. The van der Waals surface area contributed by atoms with Crippen molar-refractivity contribution in [1.29, 1.82) is 0 Å². The minimum atomic E-state index is 0.745. The molecule has 0 bridgehead atoms. The Bertz CT molecular complexity index is 3570. The second-order valence-electron chi connectivity index (χ2n) is 19.5. The van der Waals surface area contributed by atoms with E-state index in [4.69, 9.17) is 29.9 Å². The molecule has 6 heterocycles. The van der Waals surface area contributed by atoms with Gasteiger partial charge in [-0.2, -0.15) is 0 Å². The first-order valence-corrected chi connectivity index (χ1v) is 26.2. The first-order valence-electron chi connectivity index (χ1n) is 26.2. The fraction of sp³-hybridized carbons (Fsp3) is 0.250. The van der Waals surface area contributed by atoms with Crippen LogP contribution in [-0.4, -0.2) is 48.2 Å². The molecule has 0 aliphatic heterocycles. The van der Waals surface area contributed by atoms with Gasteiger partial charge in [0, 0.05) is 50.4 Å². The Balaban J connectivity index is 1.05. The van der Waals surface area contributed by atoms with E-state index in [1.165, 1.54) is 36.8 Å². The van der Waals surface area contributed by atoms with Gasteiger partial charge in [0.25, 0.3) is 0 Å². The SMILES string of the molecule is CCCCCCc1cc(C#Cc2cc(-c3nc4ccccc4n3C)nc(-c3nc4ccccc4n3C)c2)c(CCCCCC)cc1C#Cc1cc(-c2nc3ccccc3n2C)nc(-c2nc3ccccc3n2C)c1. The average molecular weight is 969 g/mol. The van der Waals surface area contributed by atoms with Crippen molar-refractivity contribution in [3.05, 3.63) is 167 Å². The van der Waals surface area contributed by atoms with E-state index in [0.29, 0.717) is 0 Å². The number of rotatable bonds is 14. The number of hydrogen-bond acceptors (Lipinski definition) is 6. The van der Waals surface area contributed by atoms with Crippen LogP contribution >= 0.6 is 0 Å². The molecule has 0 aliphatic rings. The summed E-state index contributed by atoms with van der Waals surface area (Å²) in [6, 6.07) is 45.8. The second-order valence-corrected chi connectivity index (χ2v) is 19.5. The van der Waals surface area contributed by atoms with Gasteiger partial charge >= 0.3 is 0 Å². The van der Waals surface area contributed by atoms with Gasteiger partial charge in [-0.15, -0.1) is 0 Å². The Morgan fingerprint density at radius 1 is 0.338 bits per heavy atom. The van der Waals surface area contributed by atoms with Crippen LogP contribution in [0.3, 0.4) is 0 Å². The summed E-state index contributed by atoms with van der Waals surface area (Å²) in [5, 5.41) is 0. The fourth-order valence-corrected chi connectivity index (χ4v) is 10.3. The van der Waals surface area contributed by atoms with E-state index in [1.54, 1.807) is 0 Å². The van der Waals surface area contributed by atoms with E-state index in [1.807, 2.05) is 101 Å². The monoisotopic (exact) mass is 969 g/mol. The molecule has 6 aromatic heterocycles. The molecule has 0 unspecified atom stereocenters. The molecular formula is C64H60N10. The lowest BCUT2D eigenvalue weighted by Crippen LogP contribution is -2.01. The van der Waals surface area contributed by atoms with Gasteiger partial charge in [0.15, 0.2) is 23.3 Å². The maximum Gasteiger partial charge on any atom is 0.159 e. The molecule has 10 nitrogen and oxygen atoms in total. The van der Waals surface area contributed by atoms with Gasteiger partial charge in [-0.05, 0) is 122 Å². The Hall–Kier alpha value is -8.60. The van der Waals surface area contributed by atoms with E-state index in [-0.39, 0.29) is 0 Å². The highest BCUT2D eigenvalue weighted by Gasteiger charge is 2.20. The molecule has 0 saturated carbocycles. The Kier molecular flexibility index (Phi) is 13.4. The van der Waals surface area contributed by atoms with Crippen LogP contribution in [0.4, 0.5) is 0 Å². The number of nitrogens with zero attached hydrogens (tertiary/aromatic N) is 10. The summed E-state index contributed by atoms with van der Waals surface area (Å²) in [5.74, 6) is 17.9. The zero-order chi connectivity index (χ0) is 50.7. The van der Waals surface area contributed by atoms with Gasteiger partial charge in [0.05, 0.1) is 44.1 Å². The number of para-hydroxylation sites is 8. The maximum absolute atomic E-state index is 5.25. The van der Waals surface area contributed by atoms with Gasteiger partial charge in [-0.1, -0.05) is 125 Å². The van der Waals surface area contributed by atoms with Crippen LogP contribution in [-0.2, 0) is 41.0 Å². The van der Waals surface area contributed by atoms with E-state index in [2.05, 4.69) is 116 Å². The lowest BCUT2D eigenvalue weighted by atomic mass is 9.92. The number of aromatic nitrogens is 10. The molecule has 0 amide bonds. The topological polar surface area (TPSA) is 97.1 Å². The molecule has 11 rings (SSSR count). The molecule has 0 spiro atoms. The highest BCUT2D eigenvalue weighted by atomic mass is 15.1.